The van der Waals surface area contributed by atoms with Gasteiger partial charge in [-0.25, -0.2) is 4.39 Å². The number of benzene rings is 1. The molecular weight excluding hydrogens is 225 g/mol. The van der Waals surface area contributed by atoms with Gasteiger partial charge in [-0.15, -0.1) is 0 Å². The van der Waals surface area contributed by atoms with Gasteiger partial charge in [0.1, 0.15) is 0 Å². The molecular formula is C12H14FNO3. The minimum atomic E-state index is -0.450. The summed E-state index contributed by atoms with van der Waals surface area (Å²) < 4.78 is 17.9. The molecule has 0 unspecified atom stereocenters. The zero-order chi connectivity index (χ0) is 12.7. The van der Waals surface area contributed by atoms with Crippen LogP contribution in [0.5, 0.6) is 5.75 Å². The average Bonchev–Trinajstić information content (AvgIpc) is 2.35. The van der Waals surface area contributed by atoms with Gasteiger partial charge in [-0.05, 0) is 23.8 Å². The zero-order valence-electron chi connectivity index (χ0n) is 9.44. The van der Waals surface area contributed by atoms with Crippen LogP contribution in [0.1, 0.15) is 5.56 Å². The molecule has 0 spiro atoms. The maximum Gasteiger partial charge on any atom is 0.244 e. The van der Waals surface area contributed by atoms with Crippen molar-refractivity contribution in [3.05, 3.63) is 35.7 Å². The number of halogens is 1. The number of rotatable bonds is 5. The lowest BCUT2D eigenvalue weighted by Gasteiger charge is -2.02. The number of aliphatic hydroxyl groups is 1. The highest BCUT2D eigenvalue weighted by atomic mass is 19.1. The third kappa shape index (κ3) is 4.24. The number of hydrogen-bond acceptors (Lipinski definition) is 3. The third-order valence-electron chi connectivity index (χ3n) is 2.01. The van der Waals surface area contributed by atoms with Crippen molar-refractivity contribution in [2.24, 2.45) is 0 Å². The lowest BCUT2D eigenvalue weighted by molar-refractivity contribution is -0.116. The van der Waals surface area contributed by atoms with Crippen LogP contribution in [0.2, 0.25) is 0 Å². The van der Waals surface area contributed by atoms with E-state index in [-0.39, 0.29) is 24.8 Å². The normalized spacial score (nSPS) is 10.5. The summed E-state index contributed by atoms with van der Waals surface area (Å²) in [7, 11) is 1.37. The summed E-state index contributed by atoms with van der Waals surface area (Å²) in [5, 5.41) is 11.0. The lowest BCUT2D eigenvalue weighted by Crippen LogP contribution is -2.24. The van der Waals surface area contributed by atoms with E-state index < -0.39 is 5.82 Å². The lowest BCUT2D eigenvalue weighted by atomic mass is 10.2. The smallest absolute Gasteiger partial charge is 0.244 e. The molecule has 2 N–H and O–H groups in total. The fourth-order valence-corrected chi connectivity index (χ4v) is 1.19. The van der Waals surface area contributed by atoms with Gasteiger partial charge in [0.2, 0.25) is 5.91 Å². The molecule has 0 bridgehead atoms. The molecule has 1 aromatic carbocycles. The maximum atomic E-state index is 13.1. The minimum Gasteiger partial charge on any atom is -0.494 e. The Balaban J connectivity index is 2.68. The number of aliphatic hydroxyl groups excluding tert-OH is 1. The summed E-state index contributed by atoms with van der Waals surface area (Å²) in [6, 6.07) is 4.29. The van der Waals surface area contributed by atoms with Gasteiger partial charge in [0.25, 0.3) is 0 Å². The van der Waals surface area contributed by atoms with E-state index in [0.29, 0.717) is 5.56 Å². The van der Waals surface area contributed by atoms with Crippen LogP contribution in [0, 0.1) is 5.82 Å². The molecule has 0 aliphatic heterocycles. The van der Waals surface area contributed by atoms with E-state index in [1.165, 1.54) is 37.5 Å². The minimum absolute atomic E-state index is 0.107. The first kappa shape index (κ1) is 13.2. The molecule has 0 saturated heterocycles. The van der Waals surface area contributed by atoms with Crippen LogP contribution >= 0.6 is 0 Å². The van der Waals surface area contributed by atoms with Gasteiger partial charge >= 0.3 is 0 Å². The standard InChI is InChI=1S/C12H14FNO3/c1-17-11-8-9(2-4-10(11)13)3-5-12(16)14-6-7-15/h2-5,8,15H,6-7H2,1H3,(H,14,16)/b5-3+. The predicted molar refractivity (Wildman–Crippen MR) is 62.1 cm³/mol. The van der Waals surface area contributed by atoms with Gasteiger partial charge in [-0.3, -0.25) is 4.79 Å². The van der Waals surface area contributed by atoms with Crippen molar-refractivity contribution in [1.29, 1.82) is 0 Å². The zero-order valence-corrected chi connectivity index (χ0v) is 9.44. The van der Waals surface area contributed by atoms with Crippen LogP contribution in [0.4, 0.5) is 4.39 Å². The van der Waals surface area contributed by atoms with E-state index in [2.05, 4.69) is 5.32 Å². The molecule has 17 heavy (non-hydrogen) atoms. The summed E-state index contributed by atoms with van der Waals surface area (Å²) in [4.78, 5) is 11.2. The van der Waals surface area contributed by atoms with E-state index in [0.717, 1.165) is 0 Å². The van der Waals surface area contributed by atoms with Gasteiger partial charge in [-0.1, -0.05) is 6.07 Å². The number of methoxy groups -OCH3 is 1. The molecule has 0 radical (unpaired) electrons. The Morgan fingerprint density at radius 3 is 3.00 bits per heavy atom. The second-order valence-electron chi connectivity index (χ2n) is 3.24. The van der Waals surface area contributed by atoms with Gasteiger partial charge in [0.15, 0.2) is 11.6 Å². The number of hydrogen-bond donors (Lipinski definition) is 2. The molecule has 1 amide bonds. The molecule has 0 aliphatic carbocycles. The number of ether oxygens (including phenoxy) is 1. The van der Waals surface area contributed by atoms with Crippen molar-refractivity contribution >= 4 is 12.0 Å². The van der Waals surface area contributed by atoms with Crippen LogP contribution in [0.25, 0.3) is 6.08 Å². The Labute approximate surface area is 98.7 Å². The van der Waals surface area contributed by atoms with Crippen LogP contribution < -0.4 is 10.1 Å². The Morgan fingerprint density at radius 1 is 1.59 bits per heavy atom. The first-order chi connectivity index (χ1) is 8.17. The molecule has 1 aromatic rings. The number of carbonyl (C=O) groups excluding carboxylic acids is 1. The highest BCUT2D eigenvalue weighted by Gasteiger charge is 2.01. The molecule has 0 aromatic heterocycles. The van der Waals surface area contributed by atoms with Crippen LogP contribution in [0.15, 0.2) is 24.3 Å². The topological polar surface area (TPSA) is 58.6 Å². The number of nitrogens with one attached hydrogen (secondary N) is 1. The van der Waals surface area contributed by atoms with Crippen molar-refractivity contribution in [3.63, 3.8) is 0 Å². The summed E-state index contributed by atoms with van der Waals surface area (Å²) in [5.74, 6) is -0.639. The van der Waals surface area contributed by atoms with E-state index in [9.17, 15) is 9.18 Å². The van der Waals surface area contributed by atoms with Gasteiger partial charge in [-0.2, -0.15) is 0 Å². The average molecular weight is 239 g/mol. The van der Waals surface area contributed by atoms with Gasteiger partial charge in [0, 0.05) is 12.6 Å². The van der Waals surface area contributed by atoms with Crippen molar-refractivity contribution in [2.75, 3.05) is 20.3 Å². The number of amides is 1. The quantitative estimate of drug-likeness (QED) is 0.752. The first-order valence-electron chi connectivity index (χ1n) is 5.07. The summed E-state index contributed by atoms with van der Waals surface area (Å²) in [5.41, 5.74) is 0.655. The Bertz CT molecular complexity index is 418. The van der Waals surface area contributed by atoms with E-state index in [1.807, 2.05) is 0 Å². The summed E-state index contributed by atoms with van der Waals surface area (Å²) in [6.45, 7) is 0.0971. The molecule has 0 fully saturated rings. The largest absolute Gasteiger partial charge is 0.494 e. The predicted octanol–water partition coefficient (Wildman–Crippen LogP) is 0.956. The van der Waals surface area contributed by atoms with Crippen molar-refractivity contribution in [3.8, 4) is 5.75 Å². The molecule has 0 saturated carbocycles. The second-order valence-corrected chi connectivity index (χ2v) is 3.24. The van der Waals surface area contributed by atoms with E-state index in [4.69, 9.17) is 9.84 Å². The monoisotopic (exact) mass is 239 g/mol. The fourth-order valence-electron chi connectivity index (χ4n) is 1.19. The van der Waals surface area contributed by atoms with Crippen LogP contribution in [-0.2, 0) is 4.79 Å². The molecule has 1 rings (SSSR count). The third-order valence-corrected chi connectivity index (χ3v) is 2.01. The Hall–Kier alpha value is -1.88. The second kappa shape index (κ2) is 6.65. The van der Waals surface area contributed by atoms with Crippen molar-refractivity contribution in [2.45, 2.75) is 0 Å². The maximum absolute atomic E-state index is 13.1. The van der Waals surface area contributed by atoms with Gasteiger partial charge < -0.3 is 15.2 Å². The van der Waals surface area contributed by atoms with Gasteiger partial charge in [0.05, 0.1) is 13.7 Å². The highest BCUT2D eigenvalue weighted by molar-refractivity contribution is 5.91. The van der Waals surface area contributed by atoms with Crippen LogP contribution in [-0.4, -0.2) is 31.3 Å². The molecule has 4 nitrogen and oxygen atoms in total. The highest BCUT2D eigenvalue weighted by Crippen LogP contribution is 2.18. The summed E-state index contributed by atoms with van der Waals surface area (Å²) >= 11 is 0. The molecule has 0 aliphatic rings. The van der Waals surface area contributed by atoms with Crippen molar-refractivity contribution < 1.29 is 19.0 Å². The molecule has 0 heterocycles. The number of carbonyl (C=O) groups is 1. The SMILES string of the molecule is COc1cc(/C=C/C(=O)NCCO)ccc1F. The van der Waals surface area contributed by atoms with Crippen molar-refractivity contribution in [1.82, 2.24) is 5.32 Å². The van der Waals surface area contributed by atoms with E-state index in [1.54, 1.807) is 0 Å². The Kier molecular flexibility index (Phi) is 5.16. The molecule has 0 atom stereocenters. The molecule has 92 valence electrons. The molecule has 5 heteroatoms. The van der Waals surface area contributed by atoms with E-state index >= 15 is 0 Å². The Morgan fingerprint density at radius 2 is 2.35 bits per heavy atom. The van der Waals surface area contributed by atoms with Crippen LogP contribution in [0.3, 0.4) is 0 Å². The fraction of sp³-hybridized carbons (Fsp3) is 0.250. The first-order valence-corrected chi connectivity index (χ1v) is 5.07. The summed E-state index contributed by atoms with van der Waals surface area (Å²) in [6.07, 6.45) is 2.84.